The van der Waals surface area contributed by atoms with Crippen LogP contribution in [0.25, 0.3) is 0 Å². The molecule has 1 aliphatic heterocycles. The van der Waals surface area contributed by atoms with Gasteiger partial charge in [0.05, 0.1) is 16.1 Å². The van der Waals surface area contributed by atoms with Crippen LogP contribution in [0.4, 0.5) is 0 Å². The number of carbonyl (C=O) groups is 1. The van der Waals surface area contributed by atoms with Crippen LogP contribution in [0.3, 0.4) is 0 Å². The average molecular weight is 324 g/mol. The smallest absolute Gasteiger partial charge is 0.253 e. The first-order valence-electron chi connectivity index (χ1n) is 6.88. The Morgan fingerprint density at radius 2 is 1.95 bits per heavy atom. The molecule has 0 N–H and O–H groups in total. The van der Waals surface area contributed by atoms with Crippen LogP contribution in [0.1, 0.15) is 29.2 Å². The van der Waals surface area contributed by atoms with E-state index in [4.69, 9.17) is 23.2 Å². The Balaban J connectivity index is 1.66. The van der Waals surface area contributed by atoms with E-state index >= 15 is 0 Å². The lowest BCUT2D eigenvalue weighted by atomic mass is 10.0. The molecule has 0 radical (unpaired) electrons. The first-order valence-corrected chi connectivity index (χ1v) is 7.64. The molecular weight excluding hydrogens is 309 g/mol. The second kappa shape index (κ2) is 6.08. The molecule has 0 saturated carbocycles. The Labute approximate surface area is 133 Å². The monoisotopic (exact) mass is 323 g/mol. The van der Waals surface area contributed by atoms with E-state index in [1.807, 2.05) is 21.8 Å². The predicted octanol–water partition coefficient (Wildman–Crippen LogP) is 3.67. The SMILES string of the molecule is O=C(c1ccc(Cl)c(Cl)c1)N1CCC(n2cccn2)CC1. The molecule has 110 valence electrons. The first-order chi connectivity index (χ1) is 10.1. The van der Waals surface area contributed by atoms with Crippen molar-refractivity contribution in [2.24, 2.45) is 0 Å². The van der Waals surface area contributed by atoms with Crippen molar-refractivity contribution in [3.05, 3.63) is 52.3 Å². The van der Waals surface area contributed by atoms with Gasteiger partial charge in [-0.25, -0.2) is 0 Å². The lowest BCUT2D eigenvalue weighted by Crippen LogP contribution is -2.39. The summed E-state index contributed by atoms with van der Waals surface area (Å²) in [7, 11) is 0. The number of piperidine rings is 1. The van der Waals surface area contributed by atoms with Gasteiger partial charge in [0.25, 0.3) is 5.91 Å². The van der Waals surface area contributed by atoms with Gasteiger partial charge in [-0.1, -0.05) is 23.2 Å². The van der Waals surface area contributed by atoms with Gasteiger partial charge in [0.15, 0.2) is 0 Å². The number of likely N-dealkylation sites (tertiary alicyclic amines) is 1. The molecule has 6 heteroatoms. The number of nitrogens with zero attached hydrogens (tertiary/aromatic N) is 3. The van der Waals surface area contributed by atoms with Crippen molar-refractivity contribution in [1.29, 1.82) is 0 Å². The summed E-state index contributed by atoms with van der Waals surface area (Å²) >= 11 is 11.9. The van der Waals surface area contributed by atoms with Gasteiger partial charge in [0.1, 0.15) is 0 Å². The molecule has 2 heterocycles. The molecule has 0 bridgehead atoms. The van der Waals surface area contributed by atoms with Gasteiger partial charge in [-0.2, -0.15) is 5.10 Å². The number of hydrogen-bond acceptors (Lipinski definition) is 2. The third-order valence-corrected chi connectivity index (χ3v) is 4.56. The molecule has 21 heavy (non-hydrogen) atoms. The number of hydrogen-bond donors (Lipinski definition) is 0. The third kappa shape index (κ3) is 3.06. The summed E-state index contributed by atoms with van der Waals surface area (Å²) in [5.74, 6) is 0.00693. The minimum Gasteiger partial charge on any atom is -0.338 e. The second-order valence-electron chi connectivity index (χ2n) is 5.14. The molecule has 1 fully saturated rings. The molecule has 1 aromatic carbocycles. The van der Waals surface area contributed by atoms with Gasteiger partial charge in [-0.05, 0) is 37.1 Å². The van der Waals surface area contributed by atoms with Crippen molar-refractivity contribution in [1.82, 2.24) is 14.7 Å². The van der Waals surface area contributed by atoms with E-state index < -0.39 is 0 Å². The number of halogens is 2. The quantitative estimate of drug-likeness (QED) is 0.845. The highest BCUT2D eigenvalue weighted by Crippen LogP contribution is 2.26. The maximum Gasteiger partial charge on any atom is 0.253 e. The van der Waals surface area contributed by atoms with Crippen LogP contribution in [0.15, 0.2) is 36.7 Å². The summed E-state index contributed by atoms with van der Waals surface area (Å²) in [5.41, 5.74) is 0.585. The Morgan fingerprint density at radius 1 is 1.19 bits per heavy atom. The molecule has 1 saturated heterocycles. The van der Waals surface area contributed by atoms with Crippen molar-refractivity contribution < 1.29 is 4.79 Å². The fourth-order valence-corrected chi connectivity index (χ4v) is 2.94. The maximum atomic E-state index is 12.5. The molecule has 4 nitrogen and oxygen atoms in total. The van der Waals surface area contributed by atoms with Crippen LogP contribution >= 0.6 is 23.2 Å². The fraction of sp³-hybridized carbons (Fsp3) is 0.333. The molecule has 0 aliphatic carbocycles. The summed E-state index contributed by atoms with van der Waals surface area (Å²) in [4.78, 5) is 14.3. The summed E-state index contributed by atoms with van der Waals surface area (Å²) in [6, 6.07) is 7.31. The summed E-state index contributed by atoms with van der Waals surface area (Å²) in [6.45, 7) is 1.45. The Kier molecular flexibility index (Phi) is 4.17. The fourth-order valence-electron chi connectivity index (χ4n) is 2.64. The lowest BCUT2D eigenvalue weighted by Gasteiger charge is -2.32. The molecule has 3 rings (SSSR count). The van der Waals surface area contributed by atoms with E-state index in [1.54, 1.807) is 24.4 Å². The minimum absolute atomic E-state index is 0.00693. The predicted molar refractivity (Wildman–Crippen MR) is 82.9 cm³/mol. The zero-order valence-electron chi connectivity index (χ0n) is 11.4. The first kappa shape index (κ1) is 14.4. The van der Waals surface area contributed by atoms with E-state index in [1.165, 1.54) is 0 Å². The number of aromatic nitrogens is 2. The number of amides is 1. The van der Waals surface area contributed by atoms with Crippen LogP contribution < -0.4 is 0 Å². The molecule has 0 spiro atoms. The highest BCUT2D eigenvalue weighted by Gasteiger charge is 2.24. The van der Waals surface area contributed by atoms with E-state index in [-0.39, 0.29) is 5.91 Å². The zero-order chi connectivity index (χ0) is 14.8. The van der Waals surface area contributed by atoms with Gasteiger partial charge in [-0.15, -0.1) is 0 Å². The molecule has 0 atom stereocenters. The zero-order valence-corrected chi connectivity index (χ0v) is 12.9. The van der Waals surface area contributed by atoms with E-state index in [0.717, 1.165) is 25.9 Å². The van der Waals surface area contributed by atoms with Crippen LogP contribution in [-0.2, 0) is 0 Å². The van der Waals surface area contributed by atoms with Crippen LogP contribution in [0.5, 0.6) is 0 Å². The lowest BCUT2D eigenvalue weighted by molar-refractivity contribution is 0.0690. The van der Waals surface area contributed by atoms with Gasteiger partial charge < -0.3 is 4.90 Å². The van der Waals surface area contributed by atoms with Crippen molar-refractivity contribution in [3.63, 3.8) is 0 Å². The second-order valence-corrected chi connectivity index (χ2v) is 5.95. The molecule has 1 aliphatic rings. The molecule has 1 aromatic heterocycles. The van der Waals surface area contributed by atoms with Crippen molar-refractivity contribution >= 4 is 29.1 Å². The minimum atomic E-state index is 0.00693. The van der Waals surface area contributed by atoms with Gasteiger partial charge >= 0.3 is 0 Å². The third-order valence-electron chi connectivity index (χ3n) is 3.82. The van der Waals surface area contributed by atoms with Crippen LogP contribution in [0, 0.1) is 0 Å². The maximum absolute atomic E-state index is 12.5. The van der Waals surface area contributed by atoms with E-state index in [0.29, 0.717) is 21.7 Å². The highest BCUT2D eigenvalue weighted by molar-refractivity contribution is 6.42. The number of rotatable bonds is 2. The Bertz CT molecular complexity index is 634. The van der Waals surface area contributed by atoms with Crippen LogP contribution in [-0.4, -0.2) is 33.7 Å². The summed E-state index contributed by atoms with van der Waals surface area (Å²) in [6.07, 6.45) is 5.58. The normalized spacial score (nSPS) is 16.2. The van der Waals surface area contributed by atoms with Gasteiger partial charge in [0.2, 0.25) is 0 Å². The van der Waals surface area contributed by atoms with Gasteiger partial charge in [-0.3, -0.25) is 9.48 Å². The Hall–Kier alpha value is -1.52. The topological polar surface area (TPSA) is 38.1 Å². The molecule has 0 unspecified atom stereocenters. The van der Waals surface area contributed by atoms with Crippen molar-refractivity contribution in [2.75, 3.05) is 13.1 Å². The highest BCUT2D eigenvalue weighted by atomic mass is 35.5. The number of benzene rings is 1. The van der Waals surface area contributed by atoms with E-state index in [2.05, 4.69) is 5.10 Å². The van der Waals surface area contributed by atoms with Crippen molar-refractivity contribution in [3.8, 4) is 0 Å². The Morgan fingerprint density at radius 3 is 2.57 bits per heavy atom. The molecular formula is C15H15Cl2N3O. The van der Waals surface area contributed by atoms with Crippen molar-refractivity contribution in [2.45, 2.75) is 18.9 Å². The largest absolute Gasteiger partial charge is 0.338 e. The average Bonchev–Trinajstić information content (AvgIpc) is 3.04. The molecule has 2 aromatic rings. The van der Waals surface area contributed by atoms with Gasteiger partial charge in [0, 0.05) is 31.0 Å². The summed E-state index contributed by atoms with van der Waals surface area (Å²) in [5, 5.41) is 5.14. The molecule has 1 amide bonds. The van der Waals surface area contributed by atoms with E-state index in [9.17, 15) is 4.79 Å². The van der Waals surface area contributed by atoms with Crippen LogP contribution in [0.2, 0.25) is 10.0 Å². The number of carbonyl (C=O) groups excluding carboxylic acids is 1. The summed E-state index contributed by atoms with van der Waals surface area (Å²) < 4.78 is 1.97. The standard InChI is InChI=1S/C15H15Cl2N3O/c16-13-3-2-11(10-14(13)17)15(21)19-8-4-12(5-9-19)20-7-1-6-18-20/h1-3,6-7,10,12H,4-5,8-9H2.